The smallest absolute Gasteiger partial charge is 0.255 e. The summed E-state index contributed by atoms with van der Waals surface area (Å²) in [6, 6.07) is 11.0. The van der Waals surface area contributed by atoms with Gasteiger partial charge in [-0.05, 0) is 35.9 Å². The molecule has 0 unspecified atom stereocenters. The lowest BCUT2D eigenvalue weighted by Crippen LogP contribution is -2.18. The molecule has 138 valence electrons. The molecule has 0 aliphatic carbocycles. The van der Waals surface area contributed by atoms with Crippen LogP contribution < -0.4 is 15.4 Å². The van der Waals surface area contributed by atoms with Gasteiger partial charge in [-0.15, -0.1) is 0 Å². The highest BCUT2D eigenvalue weighted by Gasteiger charge is 2.13. The summed E-state index contributed by atoms with van der Waals surface area (Å²) in [5, 5.41) is 5.23. The summed E-state index contributed by atoms with van der Waals surface area (Å²) in [5.41, 5.74) is 1.81. The van der Waals surface area contributed by atoms with Crippen molar-refractivity contribution in [2.75, 3.05) is 25.7 Å². The SMILES string of the molecule is CNC(=O)c1ccc(NC(=O)c2ccc(CS(C)(=O)=O)cc2)c(OC)c1. The highest BCUT2D eigenvalue weighted by atomic mass is 32.2. The molecule has 7 nitrogen and oxygen atoms in total. The van der Waals surface area contributed by atoms with E-state index in [1.807, 2.05) is 0 Å². The van der Waals surface area contributed by atoms with Crippen LogP contribution in [0.2, 0.25) is 0 Å². The molecule has 0 aliphatic rings. The fourth-order valence-corrected chi connectivity index (χ4v) is 3.13. The Morgan fingerprint density at radius 3 is 2.15 bits per heavy atom. The molecule has 2 amide bonds. The van der Waals surface area contributed by atoms with Gasteiger partial charge in [0.15, 0.2) is 9.84 Å². The summed E-state index contributed by atoms with van der Waals surface area (Å²) in [7, 11) is -0.162. The van der Waals surface area contributed by atoms with Gasteiger partial charge in [-0.3, -0.25) is 9.59 Å². The summed E-state index contributed by atoms with van der Waals surface area (Å²) in [6.07, 6.45) is 1.16. The third kappa shape index (κ3) is 5.06. The fraction of sp³-hybridized carbons (Fsp3) is 0.222. The van der Waals surface area contributed by atoms with Crippen molar-refractivity contribution in [1.29, 1.82) is 0 Å². The molecule has 26 heavy (non-hydrogen) atoms. The lowest BCUT2D eigenvalue weighted by atomic mass is 10.1. The fourth-order valence-electron chi connectivity index (χ4n) is 2.33. The number of nitrogens with one attached hydrogen (secondary N) is 2. The van der Waals surface area contributed by atoms with Gasteiger partial charge in [0.1, 0.15) is 5.75 Å². The van der Waals surface area contributed by atoms with Gasteiger partial charge in [0.2, 0.25) is 0 Å². The minimum absolute atomic E-state index is 0.0797. The molecule has 0 fully saturated rings. The molecule has 8 heteroatoms. The molecule has 0 bridgehead atoms. The second kappa shape index (κ2) is 8.01. The standard InChI is InChI=1S/C18H20N2O5S/c1-19-17(21)14-8-9-15(16(10-14)25-2)20-18(22)13-6-4-12(5-7-13)11-26(3,23)24/h4-10H,11H2,1-3H3,(H,19,21)(H,20,22). The largest absolute Gasteiger partial charge is 0.495 e. The number of hydrogen-bond donors (Lipinski definition) is 2. The topological polar surface area (TPSA) is 102 Å². The first-order chi connectivity index (χ1) is 12.2. The van der Waals surface area contributed by atoms with Gasteiger partial charge >= 0.3 is 0 Å². The normalized spacial score (nSPS) is 10.9. The van der Waals surface area contributed by atoms with Crippen molar-refractivity contribution >= 4 is 27.3 Å². The molecule has 0 spiro atoms. The number of ether oxygens (including phenoxy) is 1. The van der Waals surface area contributed by atoms with Crippen LogP contribution in [-0.4, -0.2) is 40.6 Å². The number of amides is 2. The summed E-state index contributed by atoms with van der Waals surface area (Å²) in [5.74, 6) is -0.360. The number of carbonyl (C=O) groups excluding carboxylic acids is 2. The lowest BCUT2D eigenvalue weighted by Gasteiger charge is -2.12. The predicted octanol–water partition coefficient (Wildman–Crippen LogP) is 1.85. The zero-order valence-corrected chi connectivity index (χ0v) is 15.5. The van der Waals surface area contributed by atoms with Gasteiger partial charge in [0.25, 0.3) is 11.8 Å². The van der Waals surface area contributed by atoms with Gasteiger partial charge in [-0.1, -0.05) is 12.1 Å². The number of anilines is 1. The van der Waals surface area contributed by atoms with Crippen LogP contribution in [0.4, 0.5) is 5.69 Å². The van der Waals surface area contributed by atoms with E-state index in [4.69, 9.17) is 4.74 Å². The molecule has 2 rings (SSSR count). The molecular weight excluding hydrogens is 356 g/mol. The maximum absolute atomic E-state index is 12.4. The third-order valence-electron chi connectivity index (χ3n) is 3.58. The van der Waals surface area contributed by atoms with E-state index in [1.165, 1.54) is 20.2 Å². The van der Waals surface area contributed by atoms with Crippen molar-refractivity contribution in [1.82, 2.24) is 5.32 Å². The molecule has 0 aromatic heterocycles. The van der Waals surface area contributed by atoms with E-state index < -0.39 is 9.84 Å². The summed E-state index contributed by atoms with van der Waals surface area (Å²) in [4.78, 5) is 24.1. The van der Waals surface area contributed by atoms with Gasteiger partial charge in [0, 0.05) is 24.4 Å². The van der Waals surface area contributed by atoms with Crippen LogP contribution in [0.15, 0.2) is 42.5 Å². The zero-order valence-electron chi connectivity index (χ0n) is 14.7. The van der Waals surface area contributed by atoms with Crippen molar-refractivity contribution < 1.29 is 22.7 Å². The Balaban J connectivity index is 2.17. The van der Waals surface area contributed by atoms with Gasteiger partial charge in [-0.25, -0.2) is 8.42 Å². The molecule has 0 saturated carbocycles. The van der Waals surface area contributed by atoms with E-state index in [9.17, 15) is 18.0 Å². The molecule has 0 saturated heterocycles. The van der Waals surface area contributed by atoms with Crippen molar-refractivity contribution in [3.8, 4) is 5.75 Å². The quantitative estimate of drug-likeness (QED) is 0.801. The van der Waals surface area contributed by atoms with Crippen LogP contribution in [0.5, 0.6) is 5.75 Å². The van der Waals surface area contributed by atoms with Crippen molar-refractivity contribution in [3.63, 3.8) is 0 Å². The highest BCUT2D eigenvalue weighted by molar-refractivity contribution is 7.89. The molecular formula is C18H20N2O5S. The van der Waals surface area contributed by atoms with Crippen LogP contribution in [0.25, 0.3) is 0 Å². The van der Waals surface area contributed by atoms with E-state index in [0.29, 0.717) is 28.1 Å². The lowest BCUT2D eigenvalue weighted by molar-refractivity contribution is 0.0962. The molecule has 2 N–H and O–H groups in total. The summed E-state index contributed by atoms with van der Waals surface area (Å²) in [6.45, 7) is 0. The van der Waals surface area contributed by atoms with E-state index in [-0.39, 0.29) is 17.6 Å². The molecule has 2 aromatic carbocycles. The van der Waals surface area contributed by atoms with Crippen molar-refractivity contribution in [3.05, 3.63) is 59.2 Å². The number of sulfone groups is 1. The Hall–Kier alpha value is -2.87. The zero-order chi connectivity index (χ0) is 19.3. The van der Waals surface area contributed by atoms with E-state index >= 15 is 0 Å². The van der Waals surface area contributed by atoms with Crippen molar-refractivity contribution in [2.45, 2.75) is 5.75 Å². The Labute approximate surface area is 152 Å². The molecule has 0 heterocycles. The number of rotatable bonds is 6. The van der Waals surface area contributed by atoms with Crippen LogP contribution in [0.3, 0.4) is 0 Å². The number of methoxy groups -OCH3 is 1. The first-order valence-electron chi connectivity index (χ1n) is 7.71. The Bertz CT molecular complexity index is 921. The molecule has 0 atom stereocenters. The summed E-state index contributed by atoms with van der Waals surface area (Å²) < 4.78 is 27.8. The second-order valence-corrected chi connectivity index (χ2v) is 7.86. The number of hydrogen-bond acceptors (Lipinski definition) is 5. The number of carbonyl (C=O) groups is 2. The first kappa shape index (κ1) is 19.5. The van der Waals surface area contributed by atoms with Gasteiger partial charge < -0.3 is 15.4 Å². The van der Waals surface area contributed by atoms with E-state index in [1.54, 1.807) is 36.4 Å². The Morgan fingerprint density at radius 1 is 1.00 bits per heavy atom. The average molecular weight is 376 g/mol. The minimum atomic E-state index is -3.13. The van der Waals surface area contributed by atoms with Crippen LogP contribution in [-0.2, 0) is 15.6 Å². The van der Waals surface area contributed by atoms with Crippen molar-refractivity contribution in [2.24, 2.45) is 0 Å². The number of benzene rings is 2. The summed E-state index contributed by atoms with van der Waals surface area (Å²) >= 11 is 0. The van der Waals surface area contributed by atoms with Crippen LogP contribution in [0.1, 0.15) is 26.3 Å². The minimum Gasteiger partial charge on any atom is -0.495 e. The Kier molecular flexibility index (Phi) is 5.99. The van der Waals surface area contributed by atoms with Crippen LogP contribution >= 0.6 is 0 Å². The third-order valence-corrected chi connectivity index (χ3v) is 4.44. The monoisotopic (exact) mass is 376 g/mol. The maximum Gasteiger partial charge on any atom is 0.255 e. The van der Waals surface area contributed by atoms with Crippen LogP contribution in [0, 0.1) is 0 Å². The molecule has 0 radical (unpaired) electrons. The highest BCUT2D eigenvalue weighted by Crippen LogP contribution is 2.26. The molecule has 0 aliphatic heterocycles. The predicted molar refractivity (Wildman–Crippen MR) is 99.3 cm³/mol. The van der Waals surface area contributed by atoms with E-state index in [0.717, 1.165) is 6.26 Å². The molecule has 2 aromatic rings. The first-order valence-corrected chi connectivity index (χ1v) is 9.77. The average Bonchev–Trinajstić information content (AvgIpc) is 2.60. The van der Waals surface area contributed by atoms with Gasteiger partial charge in [-0.2, -0.15) is 0 Å². The van der Waals surface area contributed by atoms with E-state index in [2.05, 4.69) is 10.6 Å². The second-order valence-electron chi connectivity index (χ2n) is 5.72. The van der Waals surface area contributed by atoms with Gasteiger partial charge in [0.05, 0.1) is 18.6 Å². The maximum atomic E-state index is 12.4. The Morgan fingerprint density at radius 2 is 1.62 bits per heavy atom.